The van der Waals surface area contributed by atoms with E-state index in [1.165, 1.54) is 6.20 Å². The van der Waals surface area contributed by atoms with Gasteiger partial charge < -0.3 is 4.90 Å². The molecule has 4 rings (SSSR count). The summed E-state index contributed by atoms with van der Waals surface area (Å²) in [6.45, 7) is 3.48. The van der Waals surface area contributed by atoms with Crippen LogP contribution in [0.1, 0.15) is 47.7 Å². The normalized spacial score (nSPS) is 17.1. The SMILES string of the molecule is CCc1nccn1-c1cccc(C2CCCN(C(=O)c3cnccn3)C2)n1. The number of amides is 1. The summed E-state index contributed by atoms with van der Waals surface area (Å²) >= 11 is 0. The van der Waals surface area contributed by atoms with Crippen LogP contribution in [0.2, 0.25) is 0 Å². The molecule has 7 heteroatoms. The minimum absolute atomic E-state index is 0.0631. The zero-order valence-corrected chi connectivity index (χ0v) is 15.3. The Kier molecular flexibility index (Phi) is 4.91. The third-order valence-corrected chi connectivity index (χ3v) is 4.95. The zero-order valence-electron chi connectivity index (χ0n) is 15.3. The third kappa shape index (κ3) is 3.58. The second-order valence-electron chi connectivity index (χ2n) is 6.67. The lowest BCUT2D eigenvalue weighted by molar-refractivity contribution is 0.0699. The molecule has 4 heterocycles. The number of carbonyl (C=O) groups is 1. The van der Waals surface area contributed by atoms with Crippen LogP contribution in [0.5, 0.6) is 0 Å². The highest BCUT2D eigenvalue weighted by Gasteiger charge is 2.27. The Labute approximate surface area is 158 Å². The Balaban J connectivity index is 1.55. The van der Waals surface area contributed by atoms with Gasteiger partial charge in [0.2, 0.25) is 0 Å². The Morgan fingerprint density at radius 3 is 2.96 bits per heavy atom. The van der Waals surface area contributed by atoms with E-state index in [0.29, 0.717) is 12.2 Å². The summed E-state index contributed by atoms with van der Waals surface area (Å²) in [6, 6.07) is 6.07. The lowest BCUT2D eigenvalue weighted by atomic mass is 9.94. The highest BCUT2D eigenvalue weighted by atomic mass is 16.2. The molecular weight excluding hydrogens is 340 g/mol. The first-order valence-corrected chi connectivity index (χ1v) is 9.31. The second-order valence-corrected chi connectivity index (χ2v) is 6.67. The van der Waals surface area contributed by atoms with Gasteiger partial charge in [0.15, 0.2) is 0 Å². The Morgan fingerprint density at radius 2 is 2.15 bits per heavy atom. The van der Waals surface area contributed by atoms with Gasteiger partial charge in [-0.25, -0.2) is 15.0 Å². The molecule has 0 saturated carbocycles. The van der Waals surface area contributed by atoms with Crippen molar-refractivity contribution in [2.24, 2.45) is 0 Å². The molecule has 0 aliphatic carbocycles. The molecule has 1 saturated heterocycles. The average molecular weight is 362 g/mol. The van der Waals surface area contributed by atoms with E-state index in [1.54, 1.807) is 18.6 Å². The maximum atomic E-state index is 12.7. The number of likely N-dealkylation sites (tertiary alicyclic amines) is 1. The van der Waals surface area contributed by atoms with Crippen molar-refractivity contribution in [1.29, 1.82) is 0 Å². The molecule has 0 spiro atoms. The van der Waals surface area contributed by atoms with E-state index in [1.807, 2.05) is 33.9 Å². The molecule has 0 aromatic carbocycles. The minimum Gasteiger partial charge on any atom is -0.337 e. The molecule has 3 aromatic heterocycles. The molecule has 1 aliphatic rings. The number of carbonyl (C=O) groups excluding carboxylic acids is 1. The van der Waals surface area contributed by atoms with Crippen molar-refractivity contribution >= 4 is 5.91 Å². The number of aromatic nitrogens is 5. The maximum Gasteiger partial charge on any atom is 0.274 e. The summed E-state index contributed by atoms with van der Waals surface area (Å²) in [4.78, 5) is 32.0. The molecule has 0 bridgehead atoms. The van der Waals surface area contributed by atoms with Crippen LogP contribution >= 0.6 is 0 Å². The van der Waals surface area contributed by atoms with Crippen LogP contribution < -0.4 is 0 Å². The fourth-order valence-corrected chi connectivity index (χ4v) is 3.58. The molecule has 0 N–H and O–H groups in total. The molecule has 1 fully saturated rings. The number of aryl methyl sites for hydroxylation is 1. The maximum absolute atomic E-state index is 12.7. The topological polar surface area (TPSA) is 76.8 Å². The van der Waals surface area contributed by atoms with Crippen molar-refractivity contribution in [2.45, 2.75) is 32.1 Å². The van der Waals surface area contributed by atoms with E-state index in [9.17, 15) is 4.79 Å². The van der Waals surface area contributed by atoms with Crippen molar-refractivity contribution in [3.63, 3.8) is 0 Å². The molecule has 138 valence electrons. The van der Waals surface area contributed by atoms with Crippen LogP contribution in [0, 0.1) is 0 Å². The summed E-state index contributed by atoms with van der Waals surface area (Å²) in [6.07, 6.45) is 11.2. The van der Waals surface area contributed by atoms with Crippen LogP contribution in [0.15, 0.2) is 49.2 Å². The minimum atomic E-state index is -0.0631. The summed E-state index contributed by atoms with van der Waals surface area (Å²) in [5, 5.41) is 0. The van der Waals surface area contributed by atoms with Gasteiger partial charge >= 0.3 is 0 Å². The van der Waals surface area contributed by atoms with Gasteiger partial charge in [-0.05, 0) is 25.0 Å². The van der Waals surface area contributed by atoms with E-state index in [-0.39, 0.29) is 11.8 Å². The fourth-order valence-electron chi connectivity index (χ4n) is 3.58. The van der Waals surface area contributed by atoms with Crippen molar-refractivity contribution in [3.8, 4) is 5.82 Å². The number of piperidine rings is 1. The fraction of sp³-hybridized carbons (Fsp3) is 0.350. The highest BCUT2D eigenvalue weighted by Crippen LogP contribution is 2.27. The van der Waals surface area contributed by atoms with Crippen molar-refractivity contribution < 1.29 is 4.79 Å². The van der Waals surface area contributed by atoms with Crippen LogP contribution in [0.4, 0.5) is 0 Å². The number of imidazole rings is 1. The van der Waals surface area contributed by atoms with Gasteiger partial charge in [-0.3, -0.25) is 14.3 Å². The van der Waals surface area contributed by atoms with E-state index < -0.39 is 0 Å². The van der Waals surface area contributed by atoms with E-state index >= 15 is 0 Å². The van der Waals surface area contributed by atoms with Crippen molar-refractivity contribution in [1.82, 2.24) is 29.4 Å². The summed E-state index contributed by atoms with van der Waals surface area (Å²) in [5.41, 5.74) is 1.41. The molecule has 7 nitrogen and oxygen atoms in total. The quantitative estimate of drug-likeness (QED) is 0.713. The number of hydrogen-bond acceptors (Lipinski definition) is 5. The lowest BCUT2D eigenvalue weighted by Crippen LogP contribution is -2.39. The van der Waals surface area contributed by atoms with Gasteiger partial charge in [0.05, 0.1) is 6.20 Å². The molecule has 1 atom stereocenters. The van der Waals surface area contributed by atoms with E-state index in [0.717, 1.165) is 43.1 Å². The first-order chi connectivity index (χ1) is 13.3. The van der Waals surface area contributed by atoms with Crippen molar-refractivity contribution in [2.75, 3.05) is 13.1 Å². The molecule has 0 radical (unpaired) electrons. The first kappa shape index (κ1) is 17.3. The standard InChI is InChI=1S/C20H22N6O/c1-2-18-23-10-12-26(18)19-7-3-6-16(24-19)15-5-4-11-25(14-15)20(27)17-13-21-8-9-22-17/h3,6-10,12-13,15H,2,4-5,11,14H2,1H3. The summed E-state index contributed by atoms with van der Waals surface area (Å²) < 4.78 is 2.02. The van der Waals surface area contributed by atoms with Gasteiger partial charge in [-0.2, -0.15) is 0 Å². The van der Waals surface area contributed by atoms with Gasteiger partial charge in [0.25, 0.3) is 5.91 Å². The van der Waals surface area contributed by atoms with Crippen LogP contribution in [-0.4, -0.2) is 48.4 Å². The summed E-state index contributed by atoms with van der Waals surface area (Å²) in [7, 11) is 0. The predicted molar refractivity (Wildman–Crippen MR) is 101 cm³/mol. The zero-order chi connectivity index (χ0) is 18.6. The Morgan fingerprint density at radius 1 is 1.22 bits per heavy atom. The molecule has 1 aliphatic heterocycles. The van der Waals surface area contributed by atoms with Gasteiger partial charge in [-0.1, -0.05) is 13.0 Å². The van der Waals surface area contributed by atoms with Gasteiger partial charge in [-0.15, -0.1) is 0 Å². The predicted octanol–water partition coefficient (Wildman–Crippen LogP) is 2.64. The van der Waals surface area contributed by atoms with Crippen molar-refractivity contribution in [3.05, 3.63) is 66.4 Å². The lowest BCUT2D eigenvalue weighted by Gasteiger charge is -2.32. The largest absolute Gasteiger partial charge is 0.337 e. The molecule has 3 aromatic rings. The van der Waals surface area contributed by atoms with Gasteiger partial charge in [0.1, 0.15) is 17.3 Å². The Bertz CT molecular complexity index is 923. The summed E-state index contributed by atoms with van der Waals surface area (Å²) in [5.74, 6) is 2.02. The monoisotopic (exact) mass is 362 g/mol. The number of hydrogen-bond donors (Lipinski definition) is 0. The Hall–Kier alpha value is -3.09. The van der Waals surface area contributed by atoms with Crippen LogP contribution in [-0.2, 0) is 6.42 Å². The van der Waals surface area contributed by atoms with E-state index in [2.05, 4.69) is 21.9 Å². The van der Waals surface area contributed by atoms with Crippen LogP contribution in [0.25, 0.3) is 5.82 Å². The molecule has 27 heavy (non-hydrogen) atoms. The molecule has 1 unspecified atom stereocenters. The number of nitrogens with zero attached hydrogens (tertiary/aromatic N) is 6. The third-order valence-electron chi connectivity index (χ3n) is 4.95. The second kappa shape index (κ2) is 7.65. The molecular formula is C20H22N6O. The number of rotatable bonds is 4. The van der Waals surface area contributed by atoms with Crippen LogP contribution in [0.3, 0.4) is 0 Å². The van der Waals surface area contributed by atoms with Gasteiger partial charge in [0, 0.05) is 55.9 Å². The highest BCUT2D eigenvalue weighted by molar-refractivity contribution is 5.92. The molecule has 1 amide bonds. The first-order valence-electron chi connectivity index (χ1n) is 9.31. The average Bonchev–Trinajstić information content (AvgIpc) is 3.23. The van der Waals surface area contributed by atoms with E-state index in [4.69, 9.17) is 4.98 Å². The smallest absolute Gasteiger partial charge is 0.274 e. The number of pyridine rings is 1.